The van der Waals surface area contributed by atoms with E-state index in [-0.39, 0.29) is 23.3 Å². The first-order chi connectivity index (χ1) is 13.0. The molecule has 1 heterocycles. The molecule has 8 heteroatoms. The third-order valence-electron chi connectivity index (χ3n) is 4.25. The van der Waals surface area contributed by atoms with E-state index >= 15 is 0 Å². The average Bonchev–Trinajstić information content (AvgIpc) is 2.67. The molecule has 0 aliphatic heterocycles. The Balaban J connectivity index is 0.00000280. The van der Waals surface area contributed by atoms with Crippen LogP contribution in [0.15, 0.2) is 71.9 Å². The highest BCUT2D eigenvalue weighted by molar-refractivity contribution is 7.89. The lowest BCUT2D eigenvalue weighted by atomic mass is 10.1. The van der Waals surface area contributed by atoms with Crippen molar-refractivity contribution in [2.75, 3.05) is 13.1 Å². The predicted molar refractivity (Wildman–Crippen MR) is 113 cm³/mol. The van der Waals surface area contributed by atoms with E-state index in [0.717, 1.165) is 16.3 Å². The summed E-state index contributed by atoms with van der Waals surface area (Å²) in [5.41, 5.74) is 0.823. The molecule has 0 amide bonds. The van der Waals surface area contributed by atoms with Gasteiger partial charge in [-0.25, -0.2) is 13.1 Å². The number of aromatic nitrogens is 1. The molecule has 0 bridgehead atoms. The van der Waals surface area contributed by atoms with Crippen LogP contribution in [0.4, 0.5) is 0 Å². The number of halogens is 1. The number of sulfonamides is 1. The molecule has 1 aromatic heterocycles. The minimum absolute atomic E-state index is 0. The van der Waals surface area contributed by atoms with Crippen molar-refractivity contribution in [1.82, 2.24) is 15.0 Å². The van der Waals surface area contributed by atoms with Crippen LogP contribution in [0.25, 0.3) is 10.8 Å². The zero-order chi connectivity index (χ0) is 19.3. The Bertz CT molecular complexity index is 1000. The molecule has 6 nitrogen and oxygen atoms in total. The van der Waals surface area contributed by atoms with Crippen molar-refractivity contribution < 1.29 is 13.5 Å². The number of fused-ring (bicyclic) bond motifs is 1. The van der Waals surface area contributed by atoms with E-state index in [9.17, 15) is 13.5 Å². The molecule has 0 fully saturated rings. The number of nitrogens with one attached hydrogen (secondary N) is 2. The number of nitrogens with zero attached hydrogens (tertiary/aromatic N) is 1. The Morgan fingerprint density at radius 3 is 2.54 bits per heavy atom. The molecule has 0 saturated carbocycles. The maximum absolute atomic E-state index is 12.6. The van der Waals surface area contributed by atoms with Gasteiger partial charge in [-0.05, 0) is 36.1 Å². The lowest BCUT2D eigenvalue weighted by Crippen LogP contribution is -2.40. The van der Waals surface area contributed by atoms with E-state index < -0.39 is 16.1 Å². The van der Waals surface area contributed by atoms with Crippen molar-refractivity contribution in [3.05, 3.63) is 72.6 Å². The summed E-state index contributed by atoms with van der Waals surface area (Å²) >= 11 is 0. The van der Waals surface area contributed by atoms with Gasteiger partial charge in [0.05, 0.1) is 11.0 Å². The van der Waals surface area contributed by atoms with Gasteiger partial charge in [-0.1, -0.05) is 36.4 Å². The van der Waals surface area contributed by atoms with Crippen LogP contribution in [0.1, 0.15) is 18.6 Å². The maximum atomic E-state index is 12.6. The van der Waals surface area contributed by atoms with Gasteiger partial charge in [-0.15, -0.1) is 12.4 Å². The largest absolute Gasteiger partial charge is 0.387 e. The summed E-state index contributed by atoms with van der Waals surface area (Å²) in [5.74, 6) is 0. The monoisotopic (exact) mass is 421 g/mol. The molecule has 0 saturated heterocycles. The Labute approximate surface area is 171 Å². The third kappa shape index (κ3) is 5.73. The minimum atomic E-state index is -3.63. The number of rotatable bonds is 8. The summed E-state index contributed by atoms with van der Waals surface area (Å²) in [6, 6.07) is 15.8. The van der Waals surface area contributed by atoms with Crippen LogP contribution in [0, 0.1) is 0 Å². The van der Waals surface area contributed by atoms with Gasteiger partial charge in [0.25, 0.3) is 0 Å². The van der Waals surface area contributed by atoms with Gasteiger partial charge in [0.15, 0.2) is 0 Å². The third-order valence-corrected chi connectivity index (χ3v) is 5.84. The number of pyridine rings is 1. The van der Waals surface area contributed by atoms with Gasteiger partial charge in [0.1, 0.15) is 0 Å². The van der Waals surface area contributed by atoms with Crippen molar-refractivity contribution in [2.45, 2.75) is 24.0 Å². The summed E-state index contributed by atoms with van der Waals surface area (Å²) < 4.78 is 27.9. The van der Waals surface area contributed by atoms with Crippen LogP contribution in [0.3, 0.4) is 0 Å². The number of benzene rings is 2. The van der Waals surface area contributed by atoms with Gasteiger partial charge in [-0.3, -0.25) is 4.98 Å². The maximum Gasteiger partial charge on any atom is 0.240 e. The zero-order valence-electron chi connectivity index (χ0n) is 15.4. The minimum Gasteiger partial charge on any atom is -0.387 e. The van der Waals surface area contributed by atoms with Crippen LogP contribution in [-0.4, -0.2) is 37.6 Å². The summed E-state index contributed by atoms with van der Waals surface area (Å²) in [6.07, 6.45) is 2.70. The fourth-order valence-electron chi connectivity index (χ4n) is 2.83. The van der Waals surface area contributed by atoms with E-state index in [4.69, 9.17) is 0 Å². The van der Waals surface area contributed by atoms with E-state index in [1.54, 1.807) is 43.6 Å². The first kappa shape index (κ1) is 22.3. The molecule has 3 rings (SSSR count). The standard InChI is InChI=1S/C20H23N3O3S.ClH/c1-15(12-22-14-20(24)16-5-3-2-4-6-16)23-27(25,26)19-8-7-18-13-21-10-9-17(18)11-19;/h2-11,13,15,20,22-24H,12,14H2,1H3;1H/t15-,20+;/m1./s1. The van der Waals surface area contributed by atoms with Crippen molar-refractivity contribution in [1.29, 1.82) is 0 Å². The normalized spacial score (nSPS) is 13.6. The zero-order valence-corrected chi connectivity index (χ0v) is 17.1. The molecule has 3 N–H and O–H groups in total. The van der Waals surface area contributed by atoms with Crippen molar-refractivity contribution >= 4 is 33.2 Å². The van der Waals surface area contributed by atoms with Crippen molar-refractivity contribution in [3.8, 4) is 0 Å². The predicted octanol–water partition coefficient (Wildman–Crippen LogP) is 2.65. The lowest BCUT2D eigenvalue weighted by molar-refractivity contribution is 0.174. The molecule has 0 radical (unpaired) electrons. The van der Waals surface area contributed by atoms with E-state index in [1.165, 1.54) is 0 Å². The van der Waals surface area contributed by atoms with E-state index in [2.05, 4.69) is 15.0 Å². The molecular weight excluding hydrogens is 398 g/mol. The molecule has 3 aromatic rings. The van der Waals surface area contributed by atoms with Gasteiger partial charge in [0, 0.05) is 36.9 Å². The topological polar surface area (TPSA) is 91.3 Å². The number of aliphatic hydroxyl groups excluding tert-OH is 1. The molecule has 0 spiro atoms. The Morgan fingerprint density at radius 1 is 1.04 bits per heavy atom. The summed E-state index contributed by atoms with van der Waals surface area (Å²) in [4.78, 5) is 4.25. The molecule has 150 valence electrons. The molecular formula is C20H24ClN3O3S. The van der Waals surface area contributed by atoms with Gasteiger partial charge in [-0.2, -0.15) is 0 Å². The number of hydrogen-bond acceptors (Lipinski definition) is 5. The van der Waals surface area contributed by atoms with Crippen LogP contribution in [0.2, 0.25) is 0 Å². The van der Waals surface area contributed by atoms with Crippen LogP contribution < -0.4 is 10.0 Å². The molecule has 28 heavy (non-hydrogen) atoms. The van der Waals surface area contributed by atoms with Gasteiger partial charge >= 0.3 is 0 Å². The summed E-state index contributed by atoms with van der Waals surface area (Å²) in [6.45, 7) is 2.53. The van der Waals surface area contributed by atoms with Crippen LogP contribution >= 0.6 is 12.4 Å². The highest BCUT2D eigenvalue weighted by Gasteiger charge is 2.18. The first-order valence-corrected chi connectivity index (χ1v) is 10.2. The quantitative estimate of drug-likeness (QED) is 0.520. The highest BCUT2D eigenvalue weighted by Crippen LogP contribution is 2.18. The fraction of sp³-hybridized carbons (Fsp3) is 0.250. The van der Waals surface area contributed by atoms with Gasteiger partial charge < -0.3 is 10.4 Å². The Hall–Kier alpha value is -2.03. The van der Waals surface area contributed by atoms with Crippen molar-refractivity contribution in [3.63, 3.8) is 0 Å². The average molecular weight is 422 g/mol. The van der Waals surface area contributed by atoms with Crippen LogP contribution in [-0.2, 0) is 10.0 Å². The Morgan fingerprint density at radius 2 is 1.79 bits per heavy atom. The molecule has 2 atom stereocenters. The molecule has 2 aromatic carbocycles. The summed E-state index contributed by atoms with van der Waals surface area (Å²) in [7, 11) is -3.63. The second-order valence-corrected chi connectivity index (χ2v) is 8.21. The fourth-order valence-corrected chi connectivity index (χ4v) is 4.11. The van der Waals surface area contributed by atoms with Gasteiger partial charge in [0.2, 0.25) is 10.0 Å². The van der Waals surface area contributed by atoms with Crippen LogP contribution in [0.5, 0.6) is 0 Å². The molecule has 0 unspecified atom stereocenters. The second-order valence-electron chi connectivity index (χ2n) is 6.49. The Kier molecular flexibility index (Phi) is 7.91. The smallest absolute Gasteiger partial charge is 0.240 e. The highest BCUT2D eigenvalue weighted by atomic mass is 35.5. The van der Waals surface area contributed by atoms with Crippen molar-refractivity contribution in [2.24, 2.45) is 0 Å². The second kappa shape index (κ2) is 9.95. The molecule has 0 aliphatic rings. The first-order valence-electron chi connectivity index (χ1n) is 8.75. The number of hydrogen-bond donors (Lipinski definition) is 3. The lowest BCUT2D eigenvalue weighted by Gasteiger charge is -2.17. The SMILES string of the molecule is C[C@H](CNC[C@H](O)c1ccccc1)NS(=O)(=O)c1ccc2cnccc2c1.Cl. The number of aliphatic hydroxyl groups is 1. The summed E-state index contributed by atoms with van der Waals surface area (Å²) in [5, 5.41) is 15.0. The van der Waals surface area contributed by atoms with E-state index in [1.807, 2.05) is 30.3 Å². The molecule has 0 aliphatic carbocycles. The van der Waals surface area contributed by atoms with E-state index in [0.29, 0.717) is 13.1 Å².